The van der Waals surface area contributed by atoms with E-state index in [0.717, 1.165) is 36.7 Å². The fourth-order valence-corrected chi connectivity index (χ4v) is 4.72. The Bertz CT molecular complexity index is 1230. The number of amides is 2. The molecule has 2 fully saturated rings. The van der Waals surface area contributed by atoms with E-state index in [1.54, 1.807) is 6.07 Å². The van der Waals surface area contributed by atoms with E-state index in [9.17, 15) is 22.8 Å². The quantitative estimate of drug-likeness (QED) is 0.627. The van der Waals surface area contributed by atoms with E-state index in [-0.39, 0.29) is 41.4 Å². The Balaban J connectivity index is 1.73. The predicted molar refractivity (Wildman–Crippen MR) is 129 cm³/mol. The number of hydrogen-bond donors (Lipinski definition) is 1. The minimum absolute atomic E-state index is 0.0134. The number of nitrogens with one attached hydrogen (secondary N) is 1. The van der Waals surface area contributed by atoms with E-state index >= 15 is 0 Å². The van der Waals surface area contributed by atoms with Gasteiger partial charge < -0.3 is 14.8 Å². The van der Waals surface area contributed by atoms with Crippen LogP contribution in [0.3, 0.4) is 0 Å². The van der Waals surface area contributed by atoms with E-state index in [1.807, 2.05) is 37.2 Å². The van der Waals surface area contributed by atoms with Crippen LogP contribution in [0.15, 0.2) is 29.3 Å². The van der Waals surface area contributed by atoms with Crippen LogP contribution in [0.25, 0.3) is 0 Å². The van der Waals surface area contributed by atoms with Gasteiger partial charge in [0, 0.05) is 37.3 Å². The highest BCUT2D eigenvalue weighted by atomic mass is 19.4. The van der Waals surface area contributed by atoms with Crippen molar-refractivity contribution in [1.82, 2.24) is 14.7 Å². The summed E-state index contributed by atoms with van der Waals surface area (Å²) in [6.45, 7) is 7.27. The molecule has 8 nitrogen and oxygen atoms in total. The Morgan fingerprint density at radius 1 is 1.22 bits per heavy atom. The Labute approximate surface area is 213 Å². The van der Waals surface area contributed by atoms with E-state index < -0.39 is 17.6 Å². The number of rotatable bonds is 6. The maximum Gasteiger partial charge on any atom is 0.416 e. The number of ether oxygens (including phenoxy) is 2. The average Bonchev–Trinajstić information content (AvgIpc) is 3.54. The summed E-state index contributed by atoms with van der Waals surface area (Å²) in [4.78, 5) is 29.1. The number of carbonyl (C=O) groups is 2. The van der Waals surface area contributed by atoms with Crippen molar-refractivity contribution in [2.24, 2.45) is 12.0 Å². The molecule has 0 saturated carbocycles. The van der Waals surface area contributed by atoms with Gasteiger partial charge in [-0.2, -0.15) is 18.2 Å². The lowest BCUT2D eigenvalue weighted by Gasteiger charge is -2.21. The first-order valence-corrected chi connectivity index (χ1v) is 12.4. The number of alkyl halides is 3. The molecule has 0 unspecified atom stereocenters. The number of aromatic nitrogens is 2. The zero-order valence-corrected chi connectivity index (χ0v) is 21.5. The Kier molecular flexibility index (Phi) is 7.55. The first kappa shape index (κ1) is 27.0. The molecule has 4 rings (SSSR count). The molecule has 1 aromatic carbocycles. The fourth-order valence-electron chi connectivity index (χ4n) is 4.72. The molecule has 2 aliphatic heterocycles. The van der Waals surface area contributed by atoms with Gasteiger partial charge in [0.15, 0.2) is 5.49 Å². The maximum absolute atomic E-state index is 13.5. The van der Waals surface area contributed by atoms with Crippen LogP contribution in [0, 0.1) is 0 Å². The van der Waals surface area contributed by atoms with Crippen molar-refractivity contribution < 1.29 is 32.2 Å². The summed E-state index contributed by atoms with van der Waals surface area (Å²) in [6.07, 6.45) is -1.95. The molecule has 1 N–H and O–H groups in total. The third kappa shape index (κ3) is 6.26. The van der Waals surface area contributed by atoms with E-state index in [2.05, 4.69) is 10.3 Å². The van der Waals surface area contributed by atoms with Crippen molar-refractivity contribution in [3.05, 3.63) is 46.6 Å². The zero-order chi connectivity index (χ0) is 27.0. The van der Waals surface area contributed by atoms with Gasteiger partial charge in [0.25, 0.3) is 5.91 Å². The van der Waals surface area contributed by atoms with Crippen molar-refractivity contribution in [2.75, 3.05) is 13.2 Å². The minimum atomic E-state index is -4.64. The highest BCUT2D eigenvalue weighted by molar-refractivity contribution is 5.97. The summed E-state index contributed by atoms with van der Waals surface area (Å²) in [5.74, 6) is -0.967. The molecule has 2 saturated heterocycles. The monoisotopic (exact) mass is 522 g/mol. The van der Waals surface area contributed by atoms with Crippen LogP contribution in [-0.2, 0) is 34.7 Å². The van der Waals surface area contributed by atoms with Gasteiger partial charge in [-0.3, -0.25) is 19.0 Å². The van der Waals surface area contributed by atoms with Gasteiger partial charge in [0.1, 0.15) is 12.4 Å². The second-order valence-electron chi connectivity index (χ2n) is 10.6. The highest BCUT2D eigenvalue weighted by Gasteiger charge is 2.33. The lowest BCUT2D eigenvalue weighted by Crippen LogP contribution is -2.31. The van der Waals surface area contributed by atoms with Crippen LogP contribution in [0.4, 0.5) is 13.2 Å². The van der Waals surface area contributed by atoms with Crippen molar-refractivity contribution in [3.8, 4) is 5.75 Å². The van der Waals surface area contributed by atoms with Gasteiger partial charge in [-0.25, -0.2) is 0 Å². The van der Waals surface area contributed by atoms with Crippen molar-refractivity contribution in [1.29, 1.82) is 0 Å². The summed E-state index contributed by atoms with van der Waals surface area (Å²) in [7, 11) is 1.87. The number of halogens is 3. The summed E-state index contributed by atoms with van der Waals surface area (Å²) in [5, 5.41) is 2.74. The van der Waals surface area contributed by atoms with Gasteiger partial charge >= 0.3 is 6.18 Å². The van der Waals surface area contributed by atoms with Crippen LogP contribution < -0.4 is 15.5 Å². The molecular weight excluding hydrogens is 489 g/mol. The molecule has 0 spiro atoms. The minimum Gasteiger partial charge on any atom is -0.491 e. The lowest BCUT2D eigenvalue weighted by atomic mass is 9.92. The van der Waals surface area contributed by atoms with Crippen LogP contribution in [0.2, 0.25) is 0 Å². The average molecular weight is 523 g/mol. The normalized spacial score (nSPS) is 20.9. The molecule has 1 aromatic heterocycles. The van der Waals surface area contributed by atoms with Crippen molar-refractivity contribution in [3.63, 3.8) is 0 Å². The second kappa shape index (κ2) is 10.4. The molecule has 11 heteroatoms. The van der Waals surface area contributed by atoms with Gasteiger partial charge in [0.2, 0.25) is 5.91 Å². The number of hydrogen-bond acceptors (Lipinski definition) is 4. The van der Waals surface area contributed by atoms with Gasteiger partial charge in [-0.1, -0.05) is 20.8 Å². The maximum atomic E-state index is 13.5. The van der Waals surface area contributed by atoms with Crippen LogP contribution in [0.1, 0.15) is 68.1 Å². The molecule has 37 heavy (non-hydrogen) atoms. The molecule has 2 atom stereocenters. The summed E-state index contributed by atoms with van der Waals surface area (Å²) >= 11 is 0. The second-order valence-corrected chi connectivity index (χ2v) is 10.6. The topological polar surface area (TPSA) is 86.9 Å². The lowest BCUT2D eigenvalue weighted by molar-refractivity contribution is -0.137. The van der Waals surface area contributed by atoms with Crippen LogP contribution in [0.5, 0.6) is 5.75 Å². The van der Waals surface area contributed by atoms with E-state index in [1.165, 1.54) is 0 Å². The molecule has 2 aromatic rings. The largest absolute Gasteiger partial charge is 0.491 e. The number of carbonyl (C=O) groups excluding carboxylic acids is 2. The van der Waals surface area contributed by atoms with E-state index in [4.69, 9.17) is 9.47 Å². The summed E-state index contributed by atoms with van der Waals surface area (Å²) in [6, 6.07) is 4.29. The predicted octanol–water partition coefficient (Wildman–Crippen LogP) is 3.72. The highest BCUT2D eigenvalue weighted by Crippen LogP contribution is 2.33. The van der Waals surface area contributed by atoms with Gasteiger partial charge in [0.05, 0.1) is 29.8 Å². The van der Waals surface area contributed by atoms with Crippen molar-refractivity contribution >= 4 is 11.8 Å². The Morgan fingerprint density at radius 2 is 1.97 bits per heavy atom. The molecule has 2 amide bonds. The molecular formula is C26H33F3N4O4. The van der Waals surface area contributed by atoms with Crippen LogP contribution >= 0.6 is 0 Å². The summed E-state index contributed by atoms with van der Waals surface area (Å²) in [5.41, 5.74) is -0.277. The molecule has 2 aliphatic rings. The SMILES string of the molecule is Cn1c(C(C)(C)C)cc(=NC(=O)c2cc(C(F)(F)F)ccc2OC[C@@H]2CCC(=O)N2)n1C[C@H]1CCCO1. The molecule has 3 heterocycles. The first-order valence-electron chi connectivity index (χ1n) is 12.4. The fraction of sp³-hybridized carbons (Fsp3) is 0.577. The van der Waals surface area contributed by atoms with Gasteiger partial charge in [-0.05, 0) is 37.5 Å². The van der Waals surface area contributed by atoms with Crippen LogP contribution in [-0.4, -0.2) is 46.5 Å². The number of nitrogens with zero attached hydrogens (tertiary/aromatic N) is 3. The summed E-state index contributed by atoms with van der Waals surface area (Å²) < 4.78 is 55.7. The molecule has 0 aliphatic carbocycles. The zero-order valence-electron chi connectivity index (χ0n) is 21.5. The Morgan fingerprint density at radius 3 is 2.57 bits per heavy atom. The Hall–Kier alpha value is -3.08. The third-order valence-corrected chi connectivity index (χ3v) is 6.69. The molecule has 202 valence electrons. The molecule has 0 bridgehead atoms. The van der Waals surface area contributed by atoms with E-state index in [0.29, 0.717) is 31.5 Å². The van der Waals surface area contributed by atoms with Crippen molar-refractivity contribution in [2.45, 2.75) is 76.7 Å². The first-order chi connectivity index (χ1) is 17.3. The standard InChI is InChI=1S/C26H33F3N4O4/c1-25(2,3)21-13-22(33(32(21)4)14-18-6-5-11-36-18)31-24(35)19-12-16(26(27,28)29)7-9-20(19)37-15-17-8-10-23(34)30-17/h7,9,12-13,17-18H,5-6,8,10-11,14-15H2,1-4H3,(H,30,34)/t17-,18+/m0/s1. The number of benzene rings is 1. The van der Waals surface area contributed by atoms with Gasteiger partial charge in [-0.15, -0.1) is 0 Å². The molecule has 0 radical (unpaired) electrons. The third-order valence-electron chi connectivity index (χ3n) is 6.69. The smallest absolute Gasteiger partial charge is 0.416 e.